The minimum atomic E-state index is -1.54. The second-order valence-corrected chi connectivity index (χ2v) is 13.5. The standard InChI is InChI=1S/C36H52O9/c1-9-27(37)36(7,40)31-22(3)28(42-33(45-31)25-16-12-10-13-17-25)21(2)20-35(6,39)30-23(4)29(24(5)32(38)41-8)43-34(44-30)26-18-14-11-15-19-26/h10-19,21-24,27-31,33-34,37,39-40H,9,20H2,1-8H3/t21-,22+,23+,24-,27-,28+,29+,30-,31+,33-,34-,35-,36-/m1/s1. The van der Waals surface area contributed by atoms with E-state index in [1.54, 1.807) is 20.8 Å². The molecule has 0 aliphatic carbocycles. The number of benzene rings is 2. The van der Waals surface area contributed by atoms with E-state index in [2.05, 4.69) is 0 Å². The summed E-state index contributed by atoms with van der Waals surface area (Å²) in [6.07, 6.45) is -4.37. The number of carbonyl (C=O) groups is 1. The maximum atomic E-state index is 12.6. The quantitative estimate of drug-likeness (QED) is 0.283. The van der Waals surface area contributed by atoms with Crippen molar-refractivity contribution in [2.24, 2.45) is 23.7 Å². The van der Waals surface area contributed by atoms with Gasteiger partial charge in [0.15, 0.2) is 12.6 Å². The van der Waals surface area contributed by atoms with Crippen molar-refractivity contribution in [1.29, 1.82) is 0 Å². The monoisotopic (exact) mass is 628 g/mol. The maximum absolute atomic E-state index is 12.6. The third-order valence-electron chi connectivity index (χ3n) is 9.85. The molecule has 2 aromatic carbocycles. The van der Waals surface area contributed by atoms with Crippen molar-refractivity contribution in [1.82, 2.24) is 0 Å². The van der Waals surface area contributed by atoms with E-state index in [1.807, 2.05) is 88.4 Å². The Morgan fingerprint density at radius 2 is 1.29 bits per heavy atom. The summed E-state index contributed by atoms with van der Waals surface area (Å²) < 4.78 is 30.9. The molecule has 0 radical (unpaired) electrons. The molecule has 4 rings (SSSR count). The minimum Gasteiger partial charge on any atom is -0.469 e. The zero-order chi connectivity index (χ0) is 33.1. The average Bonchev–Trinajstić information content (AvgIpc) is 3.04. The number of carbonyl (C=O) groups excluding carboxylic acids is 1. The van der Waals surface area contributed by atoms with Gasteiger partial charge in [-0.15, -0.1) is 0 Å². The van der Waals surface area contributed by atoms with Gasteiger partial charge in [-0.1, -0.05) is 88.4 Å². The molecule has 2 aliphatic heterocycles. The van der Waals surface area contributed by atoms with Crippen LogP contribution < -0.4 is 0 Å². The Hall–Kier alpha value is -2.37. The van der Waals surface area contributed by atoms with Crippen molar-refractivity contribution in [2.75, 3.05) is 7.11 Å². The molecule has 13 atom stereocenters. The van der Waals surface area contributed by atoms with Crippen LogP contribution >= 0.6 is 0 Å². The largest absolute Gasteiger partial charge is 0.469 e. The van der Waals surface area contributed by atoms with Crippen LogP contribution in [-0.4, -0.2) is 70.1 Å². The third kappa shape index (κ3) is 7.62. The molecule has 0 unspecified atom stereocenters. The highest BCUT2D eigenvalue weighted by Gasteiger charge is 2.53. The van der Waals surface area contributed by atoms with E-state index in [4.69, 9.17) is 23.7 Å². The number of hydrogen-bond acceptors (Lipinski definition) is 9. The van der Waals surface area contributed by atoms with Crippen LogP contribution in [0.25, 0.3) is 0 Å². The predicted octanol–water partition coefficient (Wildman–Crippen LogP) is 5.33. The van der Waals surface area contributed by atoms with Crippen molar-refractivity contribution >= 4 is 5.97 Å². The lowest BCUT2D eigenvalue weighted by Crippen LogP contribution is -2.60. The normalized spacial score (nSPS) is 33.7. The van der Waals surface area contributed by atoms with E-state index >= 15 is 0 Å². The summed E-state index contributed by atoms with van der Waals surface area (Å²) in [6, 6.07) is 19.0. The van der Waals surface area contributed by atoms with Crippen LogP contribution in [0.2, 0.25) is 0 Å². The lowest BCUT2D eigenvalue weighted by molar-refractivity contribution is -0.328. The Kier molecular flexibility index (Phi) is 11.5. The molecular weight excluding hydrogens is 576 g/mol. The topological polar surface area (TPSA) is 124 Å². The fraction of sp³-hybridized carbons (Fsp3) is 0.639. The number of methoxy groups -OCH3 is 1. The number of esters is 1. The second-order valence-electron chi connectivity index (χ2n) is 13.5. The van der Waals surface area contributed by atoms with Crippen LogP contribution in [0, 0.1) is 23.7 Å². The molecule has 0 amide bonds. The third-order valence-corrected chi connectivity index (χ3v) is 9.85. The lowest BCUT2D eigenvalue weighted by Gasteiger charge is -2.51. The Bertz CT molecular complexity index is 1220. The molecule has 0 saturated carbocycles. The van der Waals surface area contributed by atoms with Gasteiger partial charge in [0.1, 0.15) is 5.60 Å². The fourth-order valence-electron chi connectivity index (χ4n) is 7.41. The first kappa shape index (κ1) is 35.5. The van der Waals surface area contributed by atoms with Crippen LogP contribution in [0.5, 0.6) is 0 Å². The van der Waals surface area contributed by atoms with E-state index < -0.39 is 66.2 Å². The first-order chi connectivity index (χ1) is 21.2. The van der Waals surface area contributed by atoms with Gasteiger partial charge >= 0.3 is 5.97 Å². The summed E-state index contributed by atoms with van der Waals surface area (Å²) in [7, 11) is 1.36. The summed E-state index contributed by atoms with van der Waals surface area (Å²) in [5, 5.41) is 34.6. The fourth-order valence-corrected chi connectivity index (χ4v) is 7.41. The molecule has 9 nitrogen and oxygen atoms in total. The molecule has 0 bridgehead atoms. The van der Waals surface area contributed by atoms with Crippen LogP contribution in [-0.2, 0) is 28.5 Å². The van der Waals surface area contributed by atoms with E-state index in [0.29, 0.717) is 6.42 Å². The predicted molar refractivity (Wildman–Crippen MR) is 169 cm³/mol. The Balaban J connectivity index is 1.63. The molecule has 2 aromatic rings. The minimum absolute atomic E-state index is 0.229. The SMILES string of the molecule is CC[C@@H](O)[C@@](C)(O)[C@H]1O[C@H](c2ccccc2)O[C@@H]([C@H](C)C[C@@](C)(O)[C@@H]2O[C@H](c3ccccc3)O[C@H]([C@@H](C)C(=O)OC)[C@@H]2C)[C@@H]1C. The summed E-state index contributed by atoms with van der Waals surface area (Å²) in [5.74, 6) is -1.90. The molecule has 9 heteroatoms. The highest BCUT2D eigenvalue weighted by Crippen LogP contribution is 2.46. The summed E-state index contributed by atoms with van der Waals surface area (Å²) in [5.41, 5.74) is -1.32. The van der Waals surface area contributed by atoms with Gasteiger partial charge in [0.05, 0.1) is 49.1 Å². The van der Waals surface area contributed by atoms with E-state index in [-0.39, 0.29) is 24.2 Å². The number of hydrogen-bond donors (Lipinski definition) is 3. The summed E-state index contributed by atoms with van der Waals surface area (Å²) in [6.45, 7) is 12.8. The van der Waals surface area contributed by atoms with Gasteiger partial charge < -0.3 is 39.0 Å². The van der Waals surface area contributed by atoms with Gasteiger partial charge in [-0.2, -0.15) is 0 Å². The van der Waals surface area contributed by atoms with Crippen molar-refractivity contribution in [3.63, 3.8) is 0 Å². The van der Waals surface area contributed by atoms with Crippen LogP contribution in [0.3, 0.4) is 0 Å². The smallest absolute Gasteiger partial charge is 0.311 e. The van der Waals surface area contributed by atoms with Crippen LogP contribution in [0.4, 0.5) is 0 Å². The van der Waals surface area contributed by atoms with Crippen molar-refractivity contribution in [3.05, 3.63) is 71.8 Å². The molecule has 0 aromatic heterocycles. The van der Waals surface area contributed by atoms with Gasteiger partial charge in [-0.25, -0.2) is 0 Å². The Morgan fingerprint density at radius 1 is 0.822 bits per heavy atom. The summed E-state index contributed by atoms with van der Waals surface area (Å²) >= 11 is 0. The van der Waals surface area contributed by atoms with Crippen molar-refractivity contribution in [2.45, 2.75) is 116 Å². The average molecular weight is 629 g/mol. The second kappa shape index (κ2) is 14.6. The van der Waals surface area contributed by atoms with Gasteiger partial charge in [0, 0.05) is 23.0 Å². The number of ether oxygens (including phenoxy) is 5. The molecule has 0 spiro atoms. The van der Waals surface area contributed by atoms with Crippen LogP contribution in [0.15, 0.2) is 60.7 Å². The molecule has 2 heterocycles. The number of aliphatic hydroxyl groups excluding tert-OH is 1. The highest BCUT2D eigenvalue weighted by atomic mass is 16.7. The van der Waals surface area contributed by atoms with E-state index in [9.17, 15) is 20.1 Å². The highest BCUT2D eigenvalue weighted by molar-refractivity contribution is 5.72. The van der Waals surface area contributed by atoms with E-state index in [1.165, 1.54) is 7.11 Å². The maximum Gasteiger partial charge on any atom is 0.311 e. The van der Waals surface area contributed by atoms with Gasteiger partial charge in [0.2, 0.25) is 0 Å². The number of aliphatic hydroxyl groups is 3. The molecule has 250 valence electrons. The van der Waals surface area contributed by atoms with Gasteiger partial charge in [0.25, 0.3) is 0 Å². The van der Waals surface area contributed by atoms with Crippen molar-refractivity contribution < 1.29 is 43.8 Å². The Labute approximate surface area is 267 Å². The molecule has 2 fully saturated rings. The van der Waals surface area contributed by atoms with Crippen LogP contribution in [0.1, 0.15) is 85.0 Å². The van der Waals surface area contributed by atoms with E-state index in [0.717, 1.165) is 11.1 Å². The lowest BCUT2D eigenvalue weighted by atomic mass is 9.73. The first-order valence-corrected chi connectivity index (χ1v) is 16.1. The summed E-state index contributed by atoms with van der Waals surface area (Å²) in [4.78, 5) is 12.6. The zero-order valence-electron chi connectivity index (χ0n) is 27.8. The Morgan fingerprint density at radius 3 is 1.78 bits per heavy atom. The number of rotatable bonds is 11. The molecule has 2 saturated heterocycles. The molecule has 3 N–H and O–H groups in total. The zero-order valence-corrected chi connectivity index (χ0v) is 27.8. The molecule has 45 heavy (non-hydrogen) atoms. The molecular formula is C36H52O9. The first-order valence-electron chi connectivity index (χ1n) is 16.1. The van der Waals surface area contributed by atoms with Gasteiger partial charge in [-0.3, -0.25) is 4.79 Å². The van der Waals surface area contributed by atoms with Gasteiger partial charge in [-0.05, 0) is 39.5 Å². The molecule has 2 aliphatic rings. The van der Waals surface area contributed by atoms with Crippen molar-refractivity contribution in [3.8, 4) is 0 Å².